The van der Waals surface area contributed by atoms with Gasteiger partial charge in [0.1, 0.15) is 0 Å². The van der Waals surface area contributed by atoms with E-state index in [9.17, 15) is 58.8 Å². The molecule has 0 radical (unpaired) electrons. The lowest BCUT2D eigenvalue weighted by Crippen LogP contribution is -2.54. The third-order valence-electron chi connectivity index (χ3n) is 12.6. The Morgan fingerprint density at radius 2 is 0.922 bits per heavy atom. The molecule has 51 heavy (non-hydrogen) atoms. The average Bonchev–Trinajstić information content (AvgIpc) is 3.73. The molecular formula is C35H50N4O12. The zero-order valence-corrected chi connectivity index (χ0v) is 28.8. The molecule has 0 saturated heterocycles. The van der Waals surface area contributed by atoms with Crippen LogP contribution in [0.4, 0.5) is 0 Å². The van der Waals surface area contributed by atoms with Gasteiger partial charge in [-0.3, -0.25) is 38.4 Å². The van der Waals surface area contributed by atoms with Crippen molar-refractivity contribution >= 4 is 47.5 Å². The molecule has 5 aliphatic carbocycles. The fraction of sp³-hybridized carbons (Fsp3) is 0.771. The molecule has 0 aromatic carbocycles. The summed E-state index contributed by atoms with van der Waals surface area (Å²) in [5.74, 6) is -15.7. The van der Waals surface area contributed by atoms with Crippen LogP contribution in [0.15, 0.2) is 0 Å². The van der Waals surface area contributed by atoms with Crippen LogP contribution in [0.5, 0.6) is 0 Å². The van der Waals surface area contributed by atoms with E-state index in [1.165, 1.54) is 13.5 Å². The summed E-state index contributed by atoms with van der Waals surface area (Å²) < 4.78 is 0. The van der Waals surface area contributed by atoms with Crippen LogP contribution in [0.25, 0.3) is 0 Å². The SMILES string of the molecule is CNC(=O)C1CC(C(=O)NC2CCCC(NC(=O)C3CC(C(=O)NCC4CC5CCC4C5)C(C(=O)O)CC3C(=O)O)C2)C(C(=O)O)CC1C(=O)O. The molecule has 16 nitrogen and oxygen atoms in total. The molecule has 13 unspecified atom stereocenters. The second-order valence-corrected chi connectivity index (χ2v) is 15.5. The summed E-state index contributed by atoms with van der Waals surface area (Å²) in [7, 11) is 1.33. The van der Waals surface area contributed by atoms with E-state index in [2.05, 4.69) is 21.3 Å². The Labute approximate surface area is 295 Å². The normalized spacial score (nSPS) is 37.4. The lowest BCUT2D eigenvalue weighted by molar-refractivity contribution is -0.160. The molecule has 4 amide bonds. The molecule has 0 spiro atoms. The molecule has 0 aromatic rings. The van der Waals surface area contributed by atoms with E-state index >= 15 is 0 Å². The third-order valence-corrected chi connectivity index (χ3v) is 12.6. The molecule has 5 rings (SSSR count). The third kappa shape index (κ3) is 8.46. The van der Waals surface area contributed by atoms with Crippen molar-refractivity contribution in [3.63, 3.8) is 0 Å². The maximum atomic E-state index is 13.7. The van der Waals surface area contributed by atoms with E-state index < -0.39 is 107 Å². The van der Waals surface area contributed by atoms with E-state index in [1.807, 2.05) is 0 Å². The Morgan fingerprint density at radius 3 is 1.31 bits per heavy atom. The van der Waals surface area contributed by atoms with Gasteiger partial charge in [-0.15, -0.1) is 0 Å². The van der Waals surface area contributed by atoms with Crippen molar-refractivity contribution in [3.8, 4) is 0 Å². The number of carbonyl (C=O) groups excluding carboxylic acids is 4. The molecule has 5 fully saturated rings. The predicted molar refractivity (Wildman–Crippen MR) is 175 cm³/mol. The first-order valence-corrected chi connectivity index (χ1v) is 18.2. The highest BCUT2D eigenvalue weighted by atomic mass is 16.4. The van der Waals surface area contributed by atoms with Gasteiger partial charge >= 0.3 is 23.9 Å². The van der Waals surface area contributed by atoms with Gasteiger partial charge in [0, 0.05) is 25.7 Å². The molecule has 16 heteroatoms. The summed E-state index contributed by atoms with van der Waals surface area (Å²) in [6, 6.07) is -0.992. The fourth-order valence-electron chi connectivity index (χ4n) is 9.90. The van der Waals surface area contributed by atoms with Gasteiger partial charge in [-0.25, -0.2) is 0 Å². The minimum Gasteiger partial charge on any atom is -0.481 e. The van der Waals surface area contributed by atoms with Crippen LogP contribution in [0.2, 0.25) is 0 Å². The van der Waals surface area contributed by atoms with Gasteiger partial charge in [-0.2, -0.15) is 0 Å². The van der Waals surface area contributed by atoms with Crippen molar-refractivity contribution in [2.24, 2.45) is 65.1 Å². The van der Waals surface area contributed by atoms with Gasteiger partial charge in [0.05, 0.1) is 47.3 Å². The van der Waals surface area contributed by atoms with Crippen LogP contribution < -0.4 is 21.3 Å². The maximum Gasteiger partial charge on any atom is 0.307 e. The lowest BCUT2D eigenvalue weighted by atomic mass is 9.67. The molecule has 8 N–H and O–H groups in total. The zero-order valence-electron chi connectivity index (χ0n) is 28.8. The summed E-state index contributed by atoms with van der Waals surface area (Å²) in [6.45, 7) is 0.428. The first-order valence-electron chi connectivity index (χ1n) is 18.2. The molecular weight excluding hydrogens is 668 g/mol. The van der Waals surface area contributed by atoms with Gasteiger partial charge in [0.15, 0.2) is 0 Å². The van der Waals surface area contributed by atoms with Gasteiger partial charge in [-0.1, -0.05) is 6.42 Å². The highest BCUT2D eigenvalue weighted by Gasteiger charge is 2.51. The van der Waals surface area contributed by atoms with Crippen molar-refractivity contribution in [1.29, 1.82) is 0 Å². The monoisotopic (exact) mass is 718 g/mol. The van der Waals surface area contributed by atoms with Crippen molar-refractivity contribution in [2.45, 2.75) is 89.1 Å². The van der Waals surface area contributed by atoms with Crippen molar-refractivity contribution < 1.29 is 58.8 Å². The van der Waals surface area contributed by atoms with Gasteiger partial charge in [0.25, 0.3) is 0 Å². The summed E-state index contributed by atoms with van der Waals surface area (Å²) in [6.07, 6.45) is 5.04. The van der Waals surface area contributed by atoms with Crippen LogP contribution in [0, 0.1) is 65.1 Å². The standard InChI is InChI=1S/C35H50N4O12/c1-36-28(40)20-10-22(26(34(48)49)12-24(20)32(44)45)30(42)38-18-3-2-4-19(9-18)39-31(43)23-11-21(25(33(46)47)13-27(23)35(50)51)29(41)37-14-17-8-15-5-6-16(17)7-15/h15-27H,2-14H2,1H3,(H,36,40)(H,37,41)(H,38,42)(H,39,43)(H,44,45)(H,46,47)(H,48,49)(H,50,51). The smallest absolute Gasteiger partial charge is 0.307 e. The number of carboxylic acids is 4. The van der Waals surface area contributed by atoms with Crippen LogP contribution >= 0.6 is 0 Å². The Balaban J connectivity index is 1.22. The molecule has 0 aromatic heterocycles. The summed E-state index contributed by atoms with van der Waals surface area (Å²) in [5, 5.41) is 50.5. The summed E-state index contributed by atoms with van der Waals surface area (Å²) >= 11 is 0. The Morgan fingerprint density at radius 1 is 0.490 bits per heavy atom. The lowest BCUT2D eigenvalue weighted by Gasteiger charge is -2.39. The number of rotatable bonds is 12. The van der Waals surface area contributed by atoms with Gasteiger partial charge in [-0.05, 0) is 88.4 Å². The number of aliphatic carboxylic acids is 4. The van der Waals surface area contributed by atoms with Crippen LogP contribution in [-0.4, -0.2) is 93.6 Å². The van der Waals surface area contributed by atoms with Crippen LogP contribution in [0.1, 0.15) is 77.0 Å². The number of fused-ring (bicyclic) bond motifs is 2. The topological polar surface area (TPSA) is 266 Å². The molecule has 282 valence electrons. The van der Waals surface area contributed by atoms with Crippen molar-refractivity contribution in [1.82, 2.24) is 21.3 Å². The van der Waals surface area contributed by atoms with Crippen molar-refractivity contribution in [2.75, 3.05) is 13.6 Å². The number of nitrogens with one attached hydrogen (secondary N) is 4. The van der Waals surface area contributed by atoms with Gasteiger partial charge in [0.2, 0.25) is 23.6 Å². The zero-order chi connectivity index (χ0) is 37.1. The minimum atomic E-state index is -1.34. The molecule has 5 aliphatic rings. The quantitative estimate of drug-likeness (QED) is 0.139. The number of hydrogen-bond donors (Lipinski definition) is 8. The first kappa shape index (κ1) is 38.0. The number of carbonyl (C=O) groups is 8. The summed E-state index contributed by atoms with van der Waals surface area (Å²) in [5.41, 5.74) is 0. The molecule has 0 aliphatic heterocycles. The molecule has 13 atom stereocenters. The predicted octanol–water partition coefficient (Wildman–Crippen LogP) is 0.684. The van der Waals surface area contributed by atoms with E-state index in [0.717, 1.165) is 19.3 Å². The average molecular weight is 719 g/mol. The largest absolute Gasteiger partial charge is 0.481 e. The molecule has 0 heterocycles. The second-order valence-electron chi connectivity index (χ2n) is 15.5. The Bertz CT molecular complexity index is 1420. The fourth-order valence-corrected chi connectivity index (χ4v) is 9.90. The molecule has 2 bridgehead atoms. The second kappa shape index (κ2) is 16.0. The highest BCUT2D eigenvalue weighted by Crippen LogP contribution is 2.48. The summed E-state index contributed by atoms with van der Waals surface area (Å²) in [4.78, 5) is 102. The van der Waals surface area contributed by atoms with Crippen LogP contribution in [0.3, 0.4) is 0 Å². The number of carboxylic acid groups (broad SMARTS) is 4. The van der Waals surface area contributed by atoms with Crippen molar-refractivity contribution in [3.05, 3.63) is 0 Å². The van der Waals surface area contributed by atoms with Gasteiger partial charge < -0.3 is 41.7 Å². The first-order chi connectivity index (χ1) is 24.2. The van der Waals surface area contributed by atoms with E-state index in [1.54, 1.807) is 0 Å². The maximum absolute atomic E-state index is 13.7. The number of hydrogen-bond acceptors (Lipinski definition) is 8. The minimum absolute atomic E-state index is 0.239. The van der Waals surface area contributed by atoms with E-state index in [-0.39, 0.29) is 32.1 Å². The van der Waals surface area contributed by atoms with E-state index in [0.29, 0.717) is 43.6 Å². The Kier molecular flexibility index (Phi) is 11.9. The molecule has 5 saturated carbocycles. The number of amides is 4. The van der Waals surface area contributed by atoms with E-state index in [4.69, 9.17) is 0 Å². The highest BCUT2D eigenvalue weighted by molar-refractivity contribution is 5.91. The van der Waals surface area contributed by atoms with Crippen LogP contribution in [-0.2, 0) is 38.4 Å². The Hall–Kier alpha value is -4.24.